The number of nitrogens with two attached hydrogens (primary N) is 2. The van der Waals surface area contributed by atoms with Crippen molar-refractivity contribution in [3.8, 4) is 33.8 Å². The quantitative estimate of drug-likeness (QED) is 0.218. The van der Waals surface area contributed by atoms with Gasteiger partial charge in [-0.05, 0) is 36.4 Å². The third-order valence-corrected chi connectivity index (χ3v) is 5.07. The number of nitrogens with zero attached hydrogens (tertiary/aromatic N) is 2. The fraction of sp³-hybridized carbons (Fsp3) is 0. The highest BCUT2D eigenvalue weighted by atomic mass is 16.6. The van der Waals surface area contributed by atoms with Crippen LogP contribution in [0.4, 0.5) is 22.7 Å². The summed E-state index contributed by atoms with van der Waals surface area (Å²) in [7, 11) is 0. The first-order valence-electron chi connectivity index (χ1n) is 9.79. The normalized spacial score (nSPS) is 10.5. The van der Waals surface area contributed by atoms with Crippen LogP contribution in [0.5, 0.6) is 11.5 Å². The highest BCUT2D eigenvalue weighted by molar-refractivity contribution is 5.84. The van der Waals surface area contributed by atoms with Gasteiger partial charge in [0, 0.05) is 22.5 Å². The molecule has 4 aromatic carbocycles. The average molecular weight is 442 g/mol. The van der Waals surface area contributed by atoms with Crippen molar-refractivity contribution in [2.24, 2.45) is 0 Å². The Kier molecular flexibility index (Phi) is 5.60. The number of nitro benzene ring substituents is 2. The largest absolute Gasteiger partial charge is 0.457 e. The van der Waals surface area contributed by atoms with Crippen LogP contribution in [0.2, 0.25) is 0 Å². The summed E-state index contributed by atoms with van der Waals surface area (Å²) in [6.07, 6.45) is 0. The van der Waals surface area contributed by atoms with Crippen molar-refractivity contribution in [2.75, 3.05) is 11.5 Å². The first-order valence-corrected chi connectivity index (χ1v) is 9.79. The number of nitrogen functional groups attached to an aromatic ring is 2. The van der Waals surface area contributed by atoms with Gasteiger partial charge in [0.15, 0.2) is 0 Å². The molecule has 0 aliphatic heterocycles. The minimum Gasteiger partial charge on any atom is -0.457 e. The summed E-state index contributed by atoms with van der Waals surface area (Å²) in [5.41, 5.74) is 14.1. The molecule has 4 rings (SSSR count). The third-order valence-electron chi connectivity index (χ3n) is 5.07. The molecule has 33 heavy (non-hydrogen) atoms. The van der Waals surface area contributed by atoms with Crippen LogP contribution in [0.1, 0.15) is 0 Å². The summed E-state index contributed by atoms with van der Waals surface area (Å²) < 4.78 is 5.73. The van der Waals surface area contributed by atoms with Crippen molar-refractivity contribution in [1.29, 1.82) is 0 Å². The van der Waals surface area contributed by atoms with E-state index in [2.05, 4.69) is 0 Å². The molecule has 0 spiro atoms. The fourth-order valence-electron chi connectivity index (χ4n) is 3.53. The lowest BCUT2D eigenvalue weighted by Crippen LogP contribution is -1.97. The minimum atomic E-state index is -0.529. The van der Waals surface area contributed by atoms with Crippen LogP contribution in [-0.4, -0.2) is 9.85 Å². The zero-order valence-corrected chi connectivity index (χ0v) is 17.2. The number of hydrogen-bond acceptors (Lipinski definition) is 7. The molecule has 4 N–H and O–H groups in total. The summed E-state index contributed by atoms with van der Waals surface area (Å²) in [4.78, 5) is 22.3. The molecule has 0 aromatic heterocycles. The van der Waals surface area contributed by atoms with Gasteiger partial charge in [-0.15, -0.1) is 0 Å². The number of para-hydroxylation sites is 2. The van der Waals surface area contributed by atoms with Crippen LogP contribution in [0.15, 0.2) is 84.9 Å². The molecule has 0 amide bonds. The lowest BCUT2D eigenvalue weighted by molar-refractivity contribution is -0.384. The number of rotatable bonds is 6. The van der Waals surface area contributed by atoms with E-state index in [4.69, 9.17) is 16.2 Å². The van der Waals surface area contributed by atoms with Crippen LogP contribution in [0.25, 0.3) is 22.3 Å². The highest BCUT2D eigenvalue weighted by Crippen LogP contribution is 2.39. The number of benzene rings is 4. The molecule has 0 aliphatic rings. The molecule has 164 valence electrons. The van der Waals surface area contributed by atoms with Crippen LogP contribution in [0.3, 0.4) is 0 Å². The molecular weight excluding hydrogens is 424 g/mol. The second-order valence-corrected chi connectivity index (χ2v) is 7.15. The fourth-order valence-corrected chi connectivity index (χ4v) is 3.53. The molecule has 0 aliphatic carbocycles. The number of nitro groups is 2. The Bertz CT molecular complexity index is 1280. The van der Waals surface area contributed by atoms with E-state index in [1.807, 2.05) is 0 Å². The van der Waals surface area contributed by atoms with Gasteiger partial charge >= 0.3 is 0 Å². The summed E-state index contributed by atoms with van der Waals surface area (Å²) in [5.74, 6) is 0.308. The SMILES string of the molecule is Nc1ccccc1-c1ccc(Oc2ccc(-c3ccccc3N)c([N+](=O)[O-])c2)cc1[N+](=O)[O-]. The summed E-state index contributed by atoms with van der Waals surface area (Å²) in [5, 5.41) is 23.4. The lowest BCUT2D eigenvalue weighted by Gasteiger charge is -2.11. The maximum absolute atomic E-state index is 11.7. The predicted octanol–water partition coefficient (Wildman–Crippen LogP) is 5.79. The highest BCUT2D eigenvalue weighted by Gasteiger charge is 2.21. The van der Waals surface area contributed by atoms with E-state index in [0.29, 0.717) is 33.6 Å². The Morgan fingerprint density at radius 1 is 0.576 bits per heavy atom. The molecule has 0 heterocycles. The molecule has 9 nitrogen and oxygen atoms in total. The summed E-state index contributed by atoms with van der Waals surface area (Å²) in [6, 6.07) is 22.3. The Morgan fingerprint density at radius 2 is 0.970 bits per heavy atom. The van der Waals surface area contributed by atoms with Gasteiger partial charge in [0.05, 0.1) is 33.1 Å². The topological polar surface area (TPSA) is 148 Å². The number of hydrogen-bond donors (Lipinski definition) is 2. The minimum absolute atomic E-state index is 0.154. The van der Waals surface area contributed by atoms with Gasteiger partial charge < -0.3 is 16.2 Å². The van der Waals surface area contributed by atoms with E-state index in [1.165, 1.54) is 24.3 Å². The molecule has 0 unspecified atom stereocenters. The van der Waals surface area contributed by atoms with E-state index < -0.39 is 9.85 Å². The summed E-state index contributed by atoms with van der Waals surface area (Å²) in [6.45, 7) is 0. The van der Waals surface area contributed by atoms with E-state index in [-0.39, 0.29) is 22.9 Å². The van der Waals surface area contributed by atoms with Crippen LogP contribution in [-0.2, 0) is 0 Å². The molecule has 0 atom stereocenters. The van der Waals surface area contributed by atoms with Crippen molar-refractivity contribution in [3.63, 3.8) is 0 Å². The van der Waals surface area contributed by atoms with Gasteiger partial charge in [-0.3, -0.25) is 20.2 Å². The third kappa shape index (κ3) is 4.28. The van der Waals surface area contributed by atoms with Crippen LogP contribution in [0, 0.1) is 20.2 Å². The predicted molar refractivity (Wildman–Crippen MR) is 126 cm³/mol. The molecule has 4 aromatic rings. The van der Waals surface area contributed by atoms with E-state index in [0.717, 1.165) is 0 Å². The second kappa shape index (κ2) is 8.67. The van der Waals surface area contributed by atoms with Crippen LogP contribution >= 0.6 is 0 Å². The molecule has 0 fully saturated rings. The van der Waals surface area contributed by atoms with E-state index >= 15 is 0 Å². The zero-order chi connectivity index (χ0) is 23.5. The molecule has 0 saturated carbocycles. The molecule has 0 saturated heterocycles. The Balaban J connectivity index is 1.72. The monoisotopic (exact) mass is 442 g/mol. The van der Waals surface area contributed by atoms with E-state index in [9.17, 15) is 20.2 Å². The first kappa shape index (κ1) is 21.3. The standard InChI is InChI=1S/C24H18N4O5/c25-21-7-3-1-5-17(21)19-11-9-15(13-23(19)27(29)30)33-16-10-12-20(24(14-16)28(31)32)18-6-2-4-8-22(18)26/h1-14H,25-26H2. The van der Waals surface area contributed by atoms with Gasteiger partial charge in [-0.2, -0.15) is 0 Å². The zero-order valence-electron chi connectivity index (χ0n) is 17.2. The first-order chi connectivity index (χ1) is 15.8. The Morgan fingerprint density at radius 3 is 1.33 bits per heavy atom. The smallest absolute Gasteiger partial charge is 0.280 e. The number of ether oxygens (including phenoxy) is 1. The Labute approximate surface area is 188 Å². The lowest BCUT2D eigenvalue weighted by atomic mass is 10.0. The van der Waals surface area contributed by atoms with Gasteiger partial charge in [0.2, 0.25) is 0 Å². The summed E-state index contributed by atoms with van der Waals surface area (Å²) >= 11 is 0. The molecule has 9 heteroatoms. The maximum atomic E-state index is 11.7. The average Bonchev–Trinajstić information content (AvgIpc) is 2.80. The number of anilines is 2. The van der Waals surface area contributed by atoms with Crippen molar-refractivity contribution in [1.82, 2.24) is 0 Å². The van der Waals surface area contributed by atoms with Gasteiger partial charge in [-0.25, -0.2) is 0 Å². The Hall–Kier alpha value is -4.92. The van der Waals surface area contributed by atoms with Crippen molar-refractivity contribution >= 4 is 22.7 Å². The van der Waals surface area contributed by atoms with E-state index in [1.54, 1.807) is 60.7 Å². The van der Waals surface area contributed by atoms with Gasteiger partial charge in [0.1, 0.15) is 11.5 Å². The van der Waals surface area contributed by atoms with Crippen molar-refractivity contribution in [2.45, 2.75) is 0 Å². The van der Waals surface area contributed by atoms with Gasteiger partial charge in [0.25, 0.3) is 11.4 Å². The van der Waals surface area contributed by atoms with Crippen molar-refractivity contribution in [3.05, 3.63) is 105 Å². The second-order valence-electron chi connectivity index (χ2n) is 7.15. The molecular formula is C24H18N4O5. The molecule has 0 bridgehead atoms. The van der Waals surface area contributed by atoms with Crippen LogP contribution < -0.4 is 16.2 Å². The molecule has 0 radical (unpaired) electrons. The maximum Gasteiger partial charge on any atom is 0.280 e. The van der Waals surface area contributed by atoms with Crippen molar-refractivity contribution < 1.29 is 14.6 Å². The van der Waals surface area contributed by atoms with Gasteiger partial charge in [-0.1, -0.05) is 36.4 Å².